The highest BCUT2D eigenvalue weighted by molar-refractivity contribution is 9.10. The van der Waals surface area contributed by atoms with Crippen LogP contribution < -0.4 is 10.1 Å². The summed E-state index contributed by atoms with van der Waals surface area (Å²) in [5.74, 6) is 0.759. The Hall–Kier alpha value is -1.60. The van der Waals surface area contributed by atoms with Crippen LogP contribution in [0.3, 0.4) is 0 Å². The Bertz CT molecular complexity index is 659. The number of aromatic nitrogens is 2. The minimum Gasteiger partial charge on any atom is -0.495 e. The lowest BCUT2D eigenvalue weighted by atomic mass is 10.3. The Morgan fingerprint density at radius 1 is 1.45 bits per heavy atom. The van der Waals surface area contributed by atoms with Crippen LogP contribution in [0.2, 0.25) is 0 Å². The molecule has 0 unspecified atom stereocenters. The van der Waals surface area contributed by atoms with Crippen molar-refractivity contribution < 1.29 is 4.74 Å². The normalized spacial score (nSPS) is 10.4. The van der Waals surface area contributed by atoms with Crippen molar-refractivity contribution in [1.82, 2.24) is 14.7 Å². The number of methoxy groups -OCH3 is 1. The Labute approximate surface area is 144 Å². The molecule has 0 spiro atoms. The molecule has 1 heterocycles. The predicted octanol–water partition coefficient (Wildman–Crippen LogP) is 3.50. The third-order valence-corrected chi connectivity index (χ3v) is 4.27. The molecule has 0 saturated heterocycles. The van der Waals surface area contributed by atoms with Gasteiger partial charge in [-0.1, -0.05) is 12.1 Å². The number of para-hydroxylation sites is 2. The quantitative estimate of drug-likeness (QED) is 0.801. The number of aryl methyl sites for hydroxylation is 1. The van der Waals surface area contributed by atoms with Crippen LogP contribution in [-0.4, -0.2) is 34.0 Å². The average Bonchev–Trinajstić information content (AvgIpc) is 2.88. The Morgan fingerprint density at radius 2 is 2.18 bits per heavy atom. The number of rotatable bonds is 5. The van der Waals surface area contributed by atoms with Crippen molar-refractivity contribution in [3.8, 4) is 5.75 Å². The summed E-state index contributed by atoms with van der Waals surface area (Å²) in [7, 11) is 3.57. The van der Waals surface area contributed by atoms with Crippen molar-refractivity contribution in [2.75, 3.05) is 19.5 Å². The first-order chi connectivity index (χ1) is 10.5. The Morgan fingerprint density at radius 3 is 2.82 bits per heavy atom. The van der Waals surface area contributed by atoms with E-state index in [9.17, 15) is 0 Å². The van der Waals surface area contributed by atoms with Gasteiger partial charge in [0.05, 0.1) is 29.5 Å². The number of ether oxygens (including phenoxy) is 1. The van der Waals surface area contributed by atoms with E-state index in [2.05, 4.69) is 33.3 Å². The molecule has 2 aromatic rings. The van der Waals surface area contributed by atoms with Crippen LogP contribution in [0.5, 0.6) is 5.75 Å². The molecule has 7 heteroatoms. The first kappa shape index (κ1) is 16.8. The molecule has 118 valence electrons. The lowest BCUT2D eigenvalue weighted by Gasteiger charge is -2.21. The molecule has 1 aromatic carbocycles. The van der Waals surface area contributed by atoms with E-state index in [-0.39, 0.29) is 0 Å². The molecule has 0 aliphatic heterocycles. The van der Waals surface area contributed by atoms with Crippen molar-refractivity contribution >= 4 is 38.9 Å². The van der Waals surface area contributed by atoms with Crippen LogP contribution in [0.15, 0.2) is 34.9 Å². The minimum absolute atomic E-state index is 0.613. The van der Waals surface area contributed by atoms with Crippen LogP contribution in [-0.2, 0) is 13.1 Å². The topological polar surface area (TPSA) is 42.3 Å². The number of nitrogens with zero attached hydrogens (tertiary/aromatic N) is 3. The van der Waals surface area contributed by atoms with Gasteiger partial charge in [0.25, 0.3) is 0 Å². The maximum Gasteiger partial charge on any atom is 0.173 e. The van der Waals surface area contributed by atoms with Crippen molar-refractivity contribution in [2.24, 2.45) is 0 Å². The number of halogens is 1. The number of thiocarbonyl (C=S) groups is 1. The van der Waals surface area contributed by atoms with E-state index in [1.807, 2.05) is 47.1 Å². The van der Waals surface area contributed by atoms with Crippen LogP contribution in [0.25, 0.3) is 0 Å². The van der Waals surface area contributed by atoms with Gasteiger partial charge < -0.3 is 15.0 Å². The summed E-state index contributed by atoms with van der Waals surface area (Å²) in [5, 5.41) is 8.33. The maximum atomic E-state index is 5.45. The second-order valence-electron chi connectivity index (χ2n) is 4.77. The lowest BCUT2D eigenvalue weighted by Crippen LogP contribution is -2.31. The van der Waals surface area contributed by atoms with Gasteiger partial charge in [0.2, 0.25) is 0 Å². The van der Waals surface area contributed by atoms with E-state index in [0.29, 0.717) is 11.7 Å². The number of benzene rings is 1. The third kappa shape index (κ3) is 3.98. The van der Waals surface area contributed by atoms with Gasteiger partial charge in [0, 0.05) is 19.8 Å². The molecule has 5 nitrogen and oxygen atoms in total. The molecule has 1 aromatic heterocycles. The van der Waals surface area contributed by atoms with Gasteiger partial charge in [0.15, 0.2) is 5.11 Å². The molecule has 0 fully saturated rings. The first-order valence-corrected chi connectivity index (χ1v) is 8.12. The van der Waals surface area contributed by atoms with Gasteiger partial charge in [-0.15, -0.1) is 0 Å². The summed E-state index contributed by atoms with van der Waals surface area (Å²) in [6.45, 7) is 3.52. The van der Waals surface area contributed by atoms with Gasteiger partial charge in [-0.05, 0) is 47.2 Å². The number of hydrogen-bond acceptors (Lipinski definition) is 3. The Kier molecular flexibility index (Phi) is 5.79. The van der Waals surface area contributed by atoms with Gasteiger partial charge in [-0.2, -0.15) is 5.10 Å². The zero-order valence-electron chi connectivity index (χ0n) is 12.8. The van der Waals surface area contributed by atoms with Gasteiger partial charge >= 0.3 is 0 Å². The van der Waals surface area contributed by atoms with Crippen molar-refractivity contribution in [3.05, 3.63) is 40.6 Å². The molecular formula is C15H19BrN4OS. The minimum atomic E-state index is 0.613. The van der Waals surface area contributed by atoms with Crippen molar-refractivity contribution in [2.45, 2.75) is 20.0 Å². The highest BCUT2D eigenvalue weighted by atomic mass is 79.9. The smallest absolute Gasteiger partial charge is 0.173 e. The highest BCUT2D eigenvalue weighted by Gasteiger charge is 2.12. The number of nitrogens with one attached hydrogen (secondary N) is 1. The van der Waals surface area contributed by atoms with Crippen LogP contribution in [0, 0.1) is 0 Å². The van der Waals surface area contributed by atoms with Crippen LogP contribution in [0.4, 0.5) is 5.69 Å². The SMILES string of the molecule is CCn1cc(Br)c(CN(C)C(=S)Nc2ccccc2OC)n1. The molecule has 0 aliphatic carbocycles. The van der Waals surface area contributed by atoms with E-state index < -0.39 is 0 Å². The fourth-order valence-corrected chi connectivity index (χ4v) is 2.58. The monoisotopic (exact) mass is 382 g/mol. The molecular weight excluding hydrogens is 364 g/mol. The summed E-state index contributed by atoms with van der Waals surface area (Å²) in [6, 6.07) is 7.68. The molecule has 2 rings (SSSR count). The summed E-state index contributed by atoms with van der Waals surface area (Å²) in [5.41, 5.74) is 1.80. The summed E-state index contributed by atoms with van der Waals surface area (Å²) < 4.78 is 8.20. The molecule has 0 radical (unpaired) electrons. The molecule has 0 aliphatic rings. The summed E-state index contributed by atoms with van der Waals surface area (Å²) >= 11 is 8.98. The lowest BCUT2D eigenvalue weighted by molar-refractivity contribution is 0.416. The molecule has 1 N–H and O–H groups in total. The van der Waals surface area contributed by atoms with E-state index >= 15 is 0 Å². The largest absolute Gasteiger partial charge is 0.495 e. The van der Waals surface area contributed by atoms with Crippen LogP contribution in [0.1, 0.15) is 12.6 Å². The second kappa shape index (κ2) is 7.60. The first-order valence-electron chi connectivity index (χ1n) is 6.92. The fraction of sp³-hybridized carbons (Fsp3) is 0.333. The van der Waals surface area contributed by atoms with E-state index in [1.54, 1.807) is 7.11 Å². The maximum absolute atomic E-state index is 5.45. The second-order valence-corrected chi connectivity index (χ2v) is 6.01. The van der Waals surface area contributed by atoms with E-state index in [1.165, 1.54) is 0 Å². The molecule has 22 heavy (non-hydrogen) atoms. The zero-order valence-corrected chi connectivity index (χ0v) is 15.2. The highest BCUT2D eigenvalue weighted by Crippen LogP contribution is 2.23. The predicted molar refractivity (Wildman–Crippen MR) is 96.3 cm³/mol. The summed E-state index contributed by atoms with van der Waals surface area (Å²) in [6.07, 6.45) is 1.97. The average molecular weight is 383 g/mol. The number of hydrogen-bond donors (Lipinski definition) is 1. The standard InChI is InChI=1S/C15H19BrN4OS/c1-4-20-9-11(16)13(18-20)10-19(2)15(22)17-12-7-5-6-8-14(12)21-3/h5-9H,4,10H2,1-3H3,(H,17,22). The van der Waals surface area contributed by atoms with Crippen molar-refractivity contribution in [1.29, 1.82) is 0 Å². The van der Waals surface area contributed by atoms with Crippen LogP contribution >= 0.6 is 28.1 Å². The summed E-state index contributed by atoms with van der Waals surface area (Å²) in [4.78, 5) is 1.94. The van der Waals surface area contributed by atoms with E-state index in [4.69, 9.17) is 17.0 Å². The zero-order chi connectivity index (χ0) is 16.1. The van der Waals surface area contributed by atoms with Gasteiger partial charge in [-0.25, -0.2) is 0 Å². The number of anilines is 1. The van der Waals surface area contributed by atoms with Gasteiger partial charge in [-0.3, -0.25) is 4.68 Å². The van der Waals surface area contributed by atoms with E-state index in [0.717, 1.165) is 28.1 Å². The third-order valence-electron chi connectivity index (χ3n) is 3.19. The molecule has 0 amide bonds. The molecule has 0 atom stereocenters. The molecule has 0 bridgehead atoms. The fourth-order valence-electron chi connectivity index (χ4n) is 1.96. The van der Waals surface area contributed by atoms with Crippen molar-refractivity contribution in [3.63, 3.8) is 0 Å². The van der Waals surface area contributed by atoms with Gasteiger partial charge in [0.1, 0.15) is 5.75 Å². The molecule has 0 saturated carbocycles. The Balaban J connectivity index is 2.04.